The highest BCUT2D eigenvalue weighted by Crippen LogP contribution is 2.23. The Morgan fingerprint density at radius 1 is 1.28 bits per heavy atom. The molecule has 0 saturated heterocycles. The fraction of sp³-hybridized carbons (Fsp3) is 0.615. The third-order valence-electron chi connectivity index (χ3n) is 2.95. The summed E-state index contributed by atoms with van der Waals surface area (Å²) < 4.78 is 5.76. The first-order valence-electron chi connectivity index (χ1n) is 6.39. The lowest BCUT2D eigenvalue weighted by Gasteiger charge is -2.17. The molecule has 0 aliphatic carbocycles. The van der Waals surface area contributed by atoms with Crippen LogP contribution in [0.3, 0.4) is 0 Å². The average Bonchev–Trinajstić information content (AvgIpc) is 2.37. The lowest BCUT2D eigenvalue weighted by molar-refractivity contribution is 0.205. The van der Waals surface area contributed by atoms with Crippen molar-refractivity contribution in [2.75, 3.05) is 0 Å². The van der Waals surface area contributed by atoms with E-state index in [2.05, 4.69) is 24.0 Å². The minimum atomic E-state index is 0.0737. The molecule has 0 saturated carbocycles. The van der Waals surface area contributed by atoms with Gasteiger partial charge < -0.3 is 10.5 Å². The Hall–Kier alpha value is -1.23. The highest BCUT2D eigenvalue weighted by molar-refractivity contribution is 7.80. The quantitative estimate of drug-likeness (QED) is 0.802. The molecule has 1 aromatic rings. The summed E-state index contributed by atoms with van der Waals surface area (Å²) in [6.07, 6.45) is 2.61. The fourth-order valence-electron chi connectivity index (χ4n) is 1.76. The molecule has 0 spiro atoms. The molecule has 0 amide bonds. The first-order chi connectivity index (χ1) is 8.54. The Morgan fingerprint density at radius 2 is 1.94 bits per heavy atom. The predicted molar refractivity (Wildman–Crippen MR) is 77.1 cm³/mol. The van der Waals surface area contributed by atoms with E-state index in [1.807, 2.05) is 13.8 Å². The van der Waals surface area contributed by atoms with E-state index >= 15 is 0 Å². The zero-order chi connectivity index (χ0) is 13.7. The van der Waals surface area contributed by atoms with E-state index in [0.29, 0.717) is 10.9 Å². The van der Waals surface area contributed by atoms with E-state index in [9.17, 15) is 0 Å². The summed E-state index contributed by atoms with van der Waals surface area (Å²) >= 11 is 5.13. The molecule has 0 radical (unpaired) electrons. The lowest BCUT2D eigenvalue weighted by Crippen LogP contribution is -2.21. The van der Waals surface area contributed by atoms with Crippen LogP contribution in [0, 0.1) is 0 Å². The molecule has 1 unspecified atom stereocenters. The van der Waals surface area contributed by atoms with Crippen LogP contribution in [0.5, 0.6) is 5.88 Å². The van der Waals surface area contributed by atoms with Gasteiger partial charge in [-0.25, -0.2) is 0 Å². The zero-order valence-corrected chi connectivity index (χ0v) is 12.3. The van der Waals surface area contributed by atoms with Crippen molar-refractivity contribution in [2.24, 2.45) is 5.73 Å². The largest absolute Gasteiger partial charge is 0.473 e. The second kappa shape index (κ2) is 6.64. The van der Waals surface area contributed by atoms with Gasteiger partial charge in [-0.1, -0.05) is 33.0 Å². The van der Waals surface area contributed by atoms with Gasteiger partial charge in [0, 0.05) is 0 Å². The number of thiocarbonyl (C=S) groups is 1. The molecule has 0 bridgehead atoms. The van der Waals surface area contributed by atoms with Crippen molar-refractivity contribution in [1.29, 1.82) is 0 Å². The van der Waals surface area contributed by atoms with Crippen LogP contribution in [0.1, 0.15) is 50.9 Å². The molecular weight excluding hydrogens is 246 g/mol. The summed E-state index contributed by atoms with van der Waals surface area (Å²) in [6.45, 7) is 8.15. The van der Waals surface area contributed by atoms with Crippen LogP contribution in [-0.4, -0.2) is 21.3 Å². The number of hydrogen-bond acceptors (Lipinski definition) is 4. The van der Waals surface area contributed by atoms with Gasteiger partial charge >= 0.3 is 0 Å². The molecule has 4 nitrogen and oxygen atoms in total. The molecule has 2 N–H and O–H groups in total. The summed E-state index contributed by atoms with van der Waals surface area (Å²) in [5, 5.41) is 8.34. The fourth-order valence-corrected chi connectivity index (χ4v) is 1.98. The Morgan fingerprint density at radius 3 is 2.39 bits per heavy atom. The SMILES string of the molecule is CCc1nnc(OC(C)CC)c(C(N)=S)c1CC. The van der Waals surface area contributed by atoms with E-state index in [0.717, 1.165) is 36.1 Å². The third kappa shape index (κ3) is 3.16. The van der Waals surface area contributed by atoms with Crippen molar-refractivity contribution in [3.05, 3.63) is 16.8 Å². The molecule has 1 heterocycles. The summed E-state index contributed by atoms with van der Waals surface area (Å²) in [5.41, 5.74) is 8.56. The Balaban J connectivity index is 3.30. The van der Waals surface area contributed by atoms with Gasteiger partial charge in [0.1, 0.15) is 4.99 Å². The standard InChI is InChI=1S/C13H21N3OS/c1-5-8(4)17-13-11(12(14)18)9(6-2)10(7-3)15-16-13/h8H,5-7H2,1-4H3,(H2,14,18). The summed E-state index contributed by atoms with van der Waals surface area (Å²) in [4.78, 5) is 0.328. The second-order valence-electron chi connectivity index (χ2n) is 4.21. The summed E-state index contributed by atoms with van der Waals surface area (Å²) in [6, 6.07) is 0. The predicted octanol–water partition coefficient (Wildman–Crippen LogP) is 2.41. The number of nitrogens with zero attached hydrogens (tertiary/aromatic N) is 2. The smallest absolute Gasteiger partial charge is 0.244 e. The molecule has 0 aliphatic heterocycles. The van der Waals surface area contributed by atoms with Gasteiger partial charge in [0.25, 0.3) is 0 Å². The van der Waals surface area contributed by atoms with Crippen LogP contribution in [0.2, 0.25) is 0 Å². The maximum absolute atomic E-state index is 5.82. The van der Waals surface area contributed by atoms with Crippen LogP contribution in [-0.2, 0) is 12.8 Å². The monoisotopic (exact) mass is 267 g/mol. The summed E-state index contributed by atoms with van der Waals surface area (Å²) in [5.74, 6) is 0.464. The van der Waals surface area contributed by atoms with E-state index in [1.54, 1.807) is 0 Å². The molecule has 0 aliphatic rings. The van der Waals surface area contributed by atoms with Gasteiger partial charge in [0.05, 0.1) is 17.4 Å². The Bertz CT molecular complexity index is 434. The molecule has 0 aromatic carbocycles. The number of ether oxygens (including phenoxy) is 1. The molecule has 1 rings (SSSR count). The molecule has 5 heteroatoms. The number of nitrogens with two attached hydrogens (primary N) is 1. The van der Waals surface area contributed by atoms with Gasteiger partial charge in [-0.05, 0) is 31.7 Å². The lowest BCUT2D eigenvalue weighted by atomic mass is 10.0. The Labute approximate surface area is 114 Å². The van der Waals surface area contributed by atoms with Crippen molar-refractivity contribution >= 4 is 17.2 Å². The van der Waals surface area contributed by atoms with Crippen LogP contribution in [0.15, 0.2) is 0 Å². The zero-order valence-electron chi connectivity index (χ0n) is 11.5. The first kappa shape index (κ1) is 14.8. The van der Waals surface area contributed by atoms with E-state index < -0.39 is 0 Å². The van der Waals surface area contributed by atoms with Crippen molar-refractivity contribution < 1.29 is 4.74 Å². The van der Waals surface area contributed by atoms with Gasteiger partial charge in [-0.2, -0.15) is 5.10 Å². The average molecular weight is 267 g/mol. The van der Waals surface area contributed by atoms with E-state index in [4.69, 9.17) is 22.7 Å². The van der Waals surface area contributed by atoms with Crippen molar-refractivity contribution in [2.45, 2.75) is 53.1 Å². The van der Waals surface area contributed by atoms with Crippen molar-refractivity contribution in [3.63, 3.8) is 0 Å². The number of rotatable bonds is 6. The highest BCUT2D eigenvalue weighted by atomic mass is 32.1. The van der Waals surface area contributed by atoms with Gasteiger partial charge in [-0.3, -0.25) is 0 Å². The van der Waals surface area contributed by atoms with Crippen molar-refractivity contribution in [1.82, 2.24) is 10.2 Å². The minimum absolute atomic E-state index is 0.0737. The van der Waals surface area contributed by atoms with E-state index in [1.165, 1.54) is 0 Å². The second-order valence-corrected chi connectivity index (χ2v) is 4.65. The maximum Gasteiger partial charge on any atom is 0.244 e. The normalized spacial score (nSPS) is 12.2. The maximum atomic E-state index is 5.82. The Kier molecular flexibility index (Phi) is 5.47. The molecule has 1 atom stereocenters. The van der Waals surface area contributed by atoms with E-state index in [-0.39, 0.29) is 6.10 Å². The highest BCUT2D eigenvalue weighted by Gasteiger charge is 2.18. The number of aryl methyl sites for hydroxylation is 1. The van der Waals surface area contributed by atoms with Crippen LogP contribution in [0.4, 0.5) is 0 Å². The first-order valence-corrected chi connectivity index (χ1v) is 6.80. The number of hydrogen-bond donors (Lipinski definition) is 1. The third-order valence-corrected chi connectivity index (χ3v) is 3.15. The van der Waals surface area contributed by atoms with Crippen molar-refractivity contribution in [3.8, 4) is 5.88 Å². The number of aromatic nitrogens is 2. The van der Waals surface area contributed by atoms with Gasteiger partial charge in [-0.15, -0.1) is 5.10 Å². The molecule has 18 heavy (non-hydrogen) atoms. The topological polar surface area (TPSA) is 61.0 Å². The van der Waals surface area contributed by atoms with Gasteiger partial charge in [0.2, 0.25) is 5.88 Å². The van der Waals surface area contributed by atoms with Crippen LogP contribution < -0.4 is 10.5 Å². The summed E-state index contributed by atoms with van der Waals surface area (Å²) in [7, 11) is 0. The minimum Gasteiger partial charge on any atom is -0.473 e. The van der Waals surface area contributed by atoms with Gasteiger partial charge in [0.15, 0.2) is 0 Å². The van der Waals surface area contributed by atoms with Crippen LogP contribution in [0.25, 0.3) is 0 Å². The van der Waals surface area contributed by atoms with Crippen LogP contribution >= 0.6 is 12.2 Å². The molecule has 100 valence electrons. The molecule has 1 aromatic heterocycles. The molecule has 0 fully saturated rings. The molecular formula is C13H21N3OS.